The largest absolute Gasteiger partial charge is 0.481 e. The van der Waals surface area contributed by atoms with E-state index >= 15 is 0 Å². The zero-order chi connectivity index (χ0) is 22.1. The first-order valence-electron chi connectivity index (χ1n) is 12.2. The Hall–Kier alpha value is -2.35. The monoisotopic (exact) mass is 442 g/mol. The molecule has 1 amide bonds. The zero-order valence-corrected chi connectivity index (χ0v) is 18.6. The maximum absolute atomic E-state index is 13.0. The van der Waals surface area contributed by atoms with Crippen LogP contribution >= 0.6 is 0 Å². The average Bonchev–Trinajstić information content (AvgIpc) is 3.16. The van der Waals surface area contributed by atoms with Crippen molar-refractivity contribution in [2.24, 2.45) is 5.92 Å². The van der Waals surface area contributed by atoms with Crippen LogP contribution in [0, 0.1) is 5.92 Å². The first-order chi connectivity index (χ1) is 15.6. The molecule has 0 spiro atoms. The predicted molar refractivity (Wildman–Crippen MR) is 120 cm³/mol. The fraction of sp³-hybridized carbons (Fsp3) is 0.708. The third-order valence-corrected chi connectivity index (χ3v) is 8.03. The van der Waals surface area contributed by atoms with Crippen LogP contribution in [0.25, 0.3) is 0 Å². The van der Waals surface area contributed by atoms with Gasteiger partial charge in [0, 0.05) is 49.7 Å². The van der Waals surface area contributed by atoms with Crippen LogP contribution in [0.3, 0.4) is 0 Å². The molecular formula is C24H34N4O4. The number of pyridine rings is 1. The second-order valence-corrected chi connectivity index (χ2v) is 9.82. The Morgan fingerprint density at radius 2 is 1.69 bits per heavy atom. The maximum Gasteiger partial charge on any atom is 0.410 e. The van der Waals surface area contributed by atoms with Crippen molar-refractivity contribution in [2.45, 2.75) is 75.6 Å². The van der Waals surface area contributed by atoms with Crippen molar-refractivity contribution in [1.29, 1.82) is 0 Å². The summed E-state index contributed by atoms with van der Waals surface area (Å²) in [6.07, 6.45) is 10.7. The van der Waals surface area contributed by atoms with Crippen molar-refractivity contribution in [2.75, 3.05) is 31.1 Å². The van der Waals surface area contributed by atoms with Gasteiger partial charge < -0.3 is 14.7 Å². The van der Waals surface area contributed by atoms with Crippen LogP contribution in [-0.4, -0.2) is 82.4 Å². The molecule has 32 heavy (non-hydrogen) atoms. The third kappa shape index (κ3) is 4.29. The summed E-state index contributed by atoms with van der Waals surface area (Å²) in [6.45, 7) is 3.70. The number of nitrogens with zero attached hydrogens (tertiary/aromatic N) is 4. The molecule has 1 aromatic heterocycles. The van der Waals surface area contributed by atoms with Gasteiger partial charge in [-0.05, 0) is 76.1 Å². The van der Waals surface area contributed by atoms with Gasteiger partial charge in [0.15, 0.2) is 0 Å². The van der Waals surface area contributed by atoms with Gasteiger partial charge >= 0.3 is 12.1 Å². The van der Waals surface area contributed by atoms with Gasteiger partial charge in [-0.3, -0.25) is 19.6 Å². The van der Waals surface area contributed by atoms with E-state index in [1.54, 1.807) is 0 Å². The van der Waals surface area contributed by atoms with Crippen LogP contribution in [0.15, 0.2) is 24.5 Å². The summed E-state index contributed by atoms with van der Waals surface area (Å²) in [4.78, 5) is 35.1. The number of carbonyl (C=O) groups excluding carboxylic acids is 1. The minimum absolute atomic E-state index is 0.0505. The Kier molecular flexibility index (Phi) is 6.22. The molecule has 1 N–H and O–H groups in total. The highest BCUT2D eigenvalue weighted by Gasteiger charge is 2.51. The molecule has 1 aliphatic carbocycles. The number of carbonyl (C=O) groups is 2. The second-order valence-electron chi connectivity index (χ2n) is 9.82. The summed E-state index contributed by atoms with van der Waals surface area (Å²) in [5.74, 6) is -0.423. The van der Waals surface area contributed by atoms with Crippen molar-refractivity contribution in [3.63, 3.8) is 0 Å². The summed E-state index contributed by atoms with van der Waals surface area (Å²) in [5.41, 5.74) is 1.20. The number of hydrogen-bond acceptors (Lipinski definition) is 6. The van der Waals surface area contributed by atoms with Crippen LogP contribution in [0.4, 0.5) is 10.5 Å². The van der Waals surface area contributed by atoms with Gasteiger partial charge in [0.1, 0.15) is 6.10 Å². The lowest BCUT2D eigenvalue weighted by atomic mass is 9.84. The molecule has 3 aliphatic heterocycles. The molecule has 1 saturated carbocycles. The van der Waals surface area contributed by atoms with Gasteiger partial charge in [0.2, 0.25) is 0 Å². The number of piperidine rings is 2. The SMILES string of the molecule is O=C(O)CC1CCN(C2CCCC3C2OC(=O)N3C2CCN(c3ccncc3)CC2)CC1. The number of hydrogen-bond donors (Lipinski definition) is 1. The second kappa shape index (κ2) is 9.25. The Morgan fingerprint density at radius 1 is 1.00 bits per heavy atom. The number of anilines is 1. The smallest absolute Gasteiger partial charge is 0.410 e. The highest BCUT2D eigenvalue weighted by Crippen LogP contribution is 2.39. The van der Waals surface area contributed by atoms with Crippen LogP contribution in [0.2, 0.25) is 0 Å². The molecule has 3 saturated heterocycles. The van der Waals surface area contributed by atoms with Crippen molar-refractivity contribution in [1.82, 2.24) is 14.8 Å². The molecular weight excluding hydrogens is 408 g/mol. The maximum atomic E-state index is 13.0. The summed E-state index contributed by atoms with van der Waals surface area (Å²) in [7, 11) is 0. The fourth-order valence-electron chi connectivity index (χ4n) is 6.39. The number of carboxylic acids is 1. The fourth-order valence-corrected chi connectivity index (χ4v) is 6.39. The van der Waals surface area contributed by atoms with E-state index in [1.807, 2.05) is 24.5 Å². The van der Waals surface area contributed by atoms with E-state index in [0.717, 1.165) is 71.1 Å². The highest BCUT2D eigenvalue weighted by molar-refractivity contribution is 5.71. The first-order valence-corrected chi connectivity index (χ1v) is 12.2. The minimum Gasteiger partial charge on any atom is -0.481 e. The van der Waals surface area contributed by atoms with Crippen LogP contribution < -0.4 is 4.90 Å². The molecule has 5 rings (SSSR count). The number of rotatable bonds is 5. The number of amides is 1. The number of aromatic nitrogens is 1. The van der Waals surface area contributed by atoms with Gasteiger partial charge in [-0.15, -0.1) is 0 Å². The lowest BCUT2D eigenvalue weighted by Crippen LogP contribution is -2.56. The lowest BCUT2D eigenvalue weighted by Gasteiger charge is -2.45. The van der Waals surface area contributed by atoms with E-state index in [9.17, 15) is 9.59 Å². The highest BCUT2D eigenvalue weighted by atomic mass is 16.6. The number of carboxylic acid groups (broad SMARTS) is 1. The Labute approximate surface area is 189 Å². The normalized spacial score (nSPS) is 30.2. The number of fused-ring (bicyclic) bond motifs is 1. The van der Waals surface area contributed by atoms with Gasteiger partial charge in [0.05, 0.1) is 6.04 Å². The lowest BCUT2D eigenvalue weighted by molar-refractivity contribution is -0.138. The summed E-state index contributed by atoms with van der Waals surface area (Å²) in [5, 5.41) is 9.08. The molecule has 3 atom stereocenters. The Balaban J connectivity index is 1.20. The number of ether oxygens (including phenoxy) is 1. The average molecular weight is 443 g/mol. The third-order valence-electron chi connectivity index (χ3n) is 8.03. The van der Waals surface area contributed by atoms with E-state index in [4.69, 9.17) is 9.84 Å². The van der Waals surface area contributed by atoms with E-state index in [-0.39, 0.29) is 42.7 Å². The summed E-state index contributed by atoms with van der Waals surface area (Å²) in [6, 6.07) is 4.79. The number of aliphatic carboxylic acids is 1. The molecule has 0 bridgehead atoms. The first kappa shape index (κ1) is 21.5. The predicted octanol–water partition coefficient (Wildman–Crippen LogP) is 2.98. The van der Waals surface area contributed by atoms with Crippen molar-refractivity contribution < 1.29 is 19.4 Å². The zero-order valence-electron chi connectivity index (χ0n) is 18.6. The van der Waals surface area contributed by atoms with Crippen LogP contribution in [0.5, 0.6) is 0 Å². The molecule has 4 heterocycles. The molecule has 1 aromatic rings. The molecule has 4 fully saturated rings. The van der Waals surface area contributed by atoms with E-state index in [0.29, 0.717) is 0 Å². The van der Waals surface area contributed by atoms with E-state index in [1.165, 1.54) is 5.69 Å². The minimum atomic E-state index is -0.698. The van der Waals surface area contributed by atoms with Gasteiger partial charge in [-0.25, -0.2) is 4.79 Å². The van der Waals surface area contributed by atoms with Crippen LogP contribution in [0.1, 0.15) is 51.4 Å². The van der Waals surface area contributed by atoms with Crippen molar-refractivity contribution >= 4 is 17.7 Å². The molecule has 0 radical (unpaired) electrons. The van der Waals surface area contributed by atoms with Gasteiger partial charge in [-0.1, -0.05) is 0 Å². The quantitative estimate of drug-likeness (QED) is 0.750. The van der Waals surface area contributed by atoms with Gasteiger partial charge in [-0.2, -0.15) is 0 Å². The van der Waals surface area contributed by atoms with E-state index in [2.05, 4.69) is 19.7 Å². The summed E-state index contributed by atoms with van der Waals surface area (Å²) >= 11 is 0. The van der Waals surface area contributed by atoms with Gasteiger partial charge in [0.25, 0.3) is 0 Å². The molecule has 4 aliphatic rings. The van der Waals surface area contributed by atoms with Crippen LogP contribution in [-0.2, 0) is 9.53 Å². The van der Waals surface area contributed by atoms with Crippen molar-refractivity contribution in [3.8, 4) is 0 Å². The molecule has 0 aromatic carbocycles. The standard InChI is InChI=1S/C24H34N4O4/c29-22(30)16-17-6-12-27(13-7-17)20-2-1-3-21-23(20)32-24(31)28(21)19-8-14-26(15-9-19)18-4-10-25-11-5-18/h4-5,10-11,17,19-21,23H,1-3,6-9,12-16H2,(H,29,30). The summed E-state index contributed by atoms with van der Waals surface area (Å²) < 4.78 is 6.03. The molecule has 8 nitrogen and oxygen atoms in total. The van der Waals surface area contributed by atoms with E-state index < -0.39 is 5.97 Å². The Morgan fingerprint density at radius 3 is 2.38 bits per heavy atom. The molecule has 174 valence electrons. The topological polar surface area (TPSA) is 86.2 Å². The molecule has 8 heteroatoms. The number of likely N-dealkylation sites (tertiary alicyclic amines) is 1. The van der Waals surface area contributed by atoms with Crippen molar-refractivity contribution in [3.05, 3.63) is 24.5 Å². The molecule has 3 unspecified atom stereocenters. The Bertz CT molecular complexity index is 805.